The maximum atomic E-state index is 10.6. The number of aryl methyl sites for hydroxylation is 1. The van der Waals surface area contributed by atoms with Crippen molar-refractivity contribution in [1.29, 1.82) is 0 Å². The maximum Gasteiger partial charge on any atom is 0.104 e. The fourth-order valence-corrected chi connectivity index (χ4v) is 2.56. The molecule has 0 saturated heterocycles. The predicted octanol–water partition coefficient (Wildman–Crippen LogP) is 4.58. The molecule has 2 rings (SSSR count). The van der Waals surface area contributed by atoms with Gasteiger partial charge in [0, 0.05) is 0 Å². The maximum absolute atomic E-state index is 10.6. The zero-order valence-corrected chi connectivity index (χ0v) is 12.9. The van der Waals surface area contributed by atoms with Crippen molar-refractivity contribution in [3.63, 3.8) is 0 Å². The molecule has 106 valence electrons. The highest BCUT2D eigenvalue weighted by atomic mass is 16.3. The summed E-state index contributed by atoms with van der Waals surface area (Å²) in [4.78, 5) is 0. The lowest BCUT2D eigenvalue weighted by Crippen LogP contribution is -2.03. The number of rotatable bonds is 4. The Morgan fingerprint density at radius 2 is 1.60 bits per heavy atom. The van der Waals surface area contributed by atoms with Gasteiger partial charge in [0.2, 0.25) is 0 Å². The van der Waals surface area contributed by atoms with Gasteiger partial charge in [-0.3, -0.25) is 0 Å². The number of aliphatic hydroxyl groups excluding tert-OH is 1. The van der Waals surface area contributed by atoms with Crippen LogP contribution in [-0.2, 0) is 6.42 Å². The van der Waals surface area contributed by atoms with Crippen molar-refractivity contribution < 1.29 is 5.11 Å². The minimum absolute atomic E-state index is 0.539. The molecule has 0 saturated carbocycles. The van der Waals surface area contributed by atoms with Crippen LogP contribution >= 0.6 is 0 Å². The van der Waals surface area contributed by atoms with Crippen molar-refractivity contribution in [3.8, 4) is 0 Å². The van der Waals surface area contributed by atoms with Gasteiger partial charge in [-0.25, -0.2) is 0 Å². The second-order valence-corrected chi connectivity index (χ2v) is 6.03. The third-order valence-corrected chi connectivity index (χ3v) is 3.88. The van der Waals surface area contributed by atoms with Gasteiger partial charge in [0.1, 0.15) is 6.10 Å². The van der Waals surface area contributed by atoms with E-state index in [0.717, 1.165) is 17.5 Å². The summed E-state index contributed by atoms with van der Waals surface area (Å²) >= 11 is 0. The van der Waals surface area contributed by atoms with Crippen LogP contribution in [0.25, 0.3) is 0 Å². The van der Waals surface area contributed by atoms with Crippen molar-refractivity contribution >= 4 is 0 Å². The Bertz CT molecular complexity index is 567. The molecular weight excluding hydrogens is 244 g/mol. The standard InChI is InChI=1S/C19H24O/c1-13(2)12-16-8-10-17(11-9-16)19(20)18-7-5-6-14(3)15(18)4/h5-11,13,19-20H,12H2,1-4H3. The summed E-state index contributed by atoms with van der Waals surface area (Å²) in [6.07, 6.45) is 0.544. The number of hydrogen-bond acceptors (Lipinski definition) is 1. The summed E-state index contributed by atoms with van der Waals surface area (Å²) in [6.45, 7) is 8.59. The molecule has 0 aliphatic heterocycles. The van der Waals surface area contributed by atoms with Gasteiger partial charge in [-0.05, 0) is 54.0 Å². The van der Waals surface area contributed by atoms with E-state index in [0.29, 0.717) is 5.92 Å². The van der Waals surface area contributed by atoms with Crippen LogP contribution in [0.1, 0.15) is 47.8 Å². The van der Waals surface area contributed by atoms with Gasteiger partial charge in [0.25, 0.3) is 0 Å². The molecule has 1 N–H and O–H groups in total. The molecule has 20 heavy (non-hydrogen) atoms. The van der Waals surface area contributed by atoms with Crippen LogP contribution in [0.15, 0.2) is 42.5 Å². The van der Waals surface area contributed by atoms with Gasteiger partial charge in [-0.1, -0.05) is 56.3 Å². The molecule has 2 aromatic carbocycles. The zero-order valence-electron chi connectivity index (χ0n) is 12.9. The van der Waals surface area contributed by atoms with Gasteiger partial charge in [0.05, 0.1) is 0 Å². The summed E-state index contributed by atoms with van der Waals surface area (Å²) in [7, 11) is 0. The van der Waals surface area contributed by atoms with Gasteiger partial charge < -0.3 is 5.11 Å². The first-order chi connectivity index (χ1) is 9.49. The van der Waals surface area contributed by atoms with E-state index in [-0.39, 0.29) is 0 Å². The lowest BCUT2D eigenvalue weighted by molar-refractivity contribution is 0.219. The highest BCUT2D eigenvalue weighted by Crippen LogP contribution is 2.26. The molecule has 0 aromatic heterocycles. The van der Waals surface area contributed by atoms with Crippen LogP contribution in [0, 0.1) is 19.8 Å². The van der Waals surface area contributed by atoms with Crippen molar-refractivity contribution in [2.45, 2.75) is 40.2 Å². The molecule has 0 fully saturated rings. The highest BCUT2D eigenvalue weighted by molar-refractivity contribution is 5.39. The molecule has 0 bridgehead atoms. The zero-order chi connectivity index (χ0) is 14.7. The lowest BCUT2D eigenvalue weighted by atomic mass is 9.93. The van der Waals surface area contributed by atoms with Crippen LogP contribution in [-0.4, -0.2) is 5.11 Å². The normalized spacial score (nSPS) is 12.7. The number of benzene rings is 2. The molecule has 0 aliphatic rings. The molecule has 0 aliphatic carbocycles. The van der Waals surface area contributed by atoms with E-state index in [1.54, 1.807) is 0 Å². The minimum Gasteiger partial charge on any atom is -0.384 e. The second-order valence-electron chi connectivity index (χ2n) is 6.03. The highest BCUT2D eigenvalue weighted by Gasteiger charge is 2.13. The Balaban J connectivity index is 2.25. The summed E-state index contributed by atoms with van der Waals surface area (Å²) in [5, 5.41) is 10.6. The number of hydrogen-bond donors (Lipinski definition) is 1. The Hall–Kier alpha value is -1.60. The van der Waals surface area contributed by atoms with Crippen molar-refractivity contribution in [1.82, 2.24) is 0 Å². The first-order valence-corrected chi connectivity index (χ1v) is 7.32. The van der Waals surface area contributed by atoms with E-state index in [1.807, 2.05) is 24.3 Å². The number of aliphatic hydroxyl groups is 1. The lowest BCUT2D eigenvalue weighted by Gasteiger charge is -2.16. The van der Waals surface area contributed by atoms with Crippen LogP contribution < -0.4 is 0 Å². The van der Waals surface area contributed by atoms with Gasteiger partial charge in [-0.15, -0.1) is 0 Å². The fraction of sp³-hybridized carbons (Fsp3) is 0.368. The van der Waals surface area contributed by atoms with E-state index in [9.17, 15) is 5.11 Å². The summed E-state index contributed by atoms with van der Waals surface area (Å²) < 4.78 is 0. The predicted molar refractivity (Wildman–Crippen MR) is 85.0 cm³/mol. The smallest absolute Gasteiger partial charge is 0.104 e. The fourth-order valence-electron chi connectivity index (χ4n) is 2.56. The average Bonchev–Trinajstić information content (AvgIpc) is 2.41. The van der Waals surface area contributed by atoms with E-state index in [2.05, 4.69) is 45.9 Å². The molecular formula is C19H24O. The molecule has 0 spiro atoms. The van der Waals surface area contributed by atoms with E-state index in [1.165, 1.54) is 16.7 Å². The van der Waals surface area contributed by atoms with Crippen LogP contribution in [0.5, 0.6) is 0 Å². The molecule has 0 radical (unpaired) electrons. The van der Waals surface area contributed by atoms with Gasteiger partial charge in [-0.2, -0.15) is 0 Å². The minimum atomic E-state index is -0.539. The second kappa shape index (κ2) is 6.23. The van der Waals surface area contributed by atoms with Crippen molar-refractivity contribution in [2.75, 3.05) is 0 Å². The molecule has 1 atom stereocenters. The summed E-state index contributed by atoms with van der Waals surface area (Å²) in [5.74, 6) is 0.657. The topological polar surface area (TPSA) is 20.2 Å². The Morgan fingerprint density at radius 1 is 0.950 bits per heavy atom. The van der Waals surface area contributed by atoms with Crippen molar-refractivity contribution in [2.24, 2.45) is 5.92 Å². The molecule has 0 heterocycles. The summed E-state index contributed by atoms with van der Waals surface area (Å²) in [6, 6.07) is 14.4. The van der Waals surface area contributed by atoms with E-state index in [4.69, 9.17) is 0 Å². The third-order valence-electron chi connectivity index (χ3n) is 3.88. The van der Waals surface area contributed by atoms with Crippen LogP contribution in [0.3, 0.4) is 0 Å². The average molecular weight is 268 g/mol. The van der Waals surface area contributed by atoms with Crippen LogP contribution in [0.4, 0.5) is 0 Å². The Kier molecular flexibility index (Phi) is 4.61. The monoisotopic (exact) mass is 268 g/mol. The molecule has 1 unspecified atom stereocenters. The third kappa shape index (κ3) is 3.29. The van der Waals surface area contributed by atoms with Crippen molar-refractivity contribution in [3.05, 3.63) is 70.3 Å². The molecule has 1 heteroatoms. The first-order valence-electron chi connectivity index (χ1n) is 7.32. The van der Waals surface area contributed by atoms with Gasteiger partial charge in [0.15, 0.2) is 0 Å². The Labute approximate surface area is 122 Å². The molecule has 2 aromatic rings. The SMILES string of the molecule is Cc1cccc(C(O)c2ccc(CC(C)C)cc2)c1C. The van der Waals surface area contributed by atoms with E-state index < -0.39 is 6.10 Å². The van der Waals surface area contributed by atoms with Gasteiger partial charge >= 0.3 is 0 Å². The van der Waals surface area contributed by atoms with E-state index >= 15 is 0 Å². The van der Waals surface area contributed by atoms with Crippen LogP contribution in [0.2, 0.25) is 0 Å². The first kappa shape index (κ1) is 14.8. The Morgan fingerprint density at radius 3 is 2.20 bits per heavy atom. The quantitative estimate of drug-likeness (QED) is 0.860. The molecule has 1 nitrogen and oxygen atoms in total. The summed E-state index contributed by atoms with van der Waals surface area (Å²) in [5.41, 5.74) is 5.69. The largest absolute Gasteiger partial charge is 0.384 e. The molecule has 0 amide bonds.